The SMILES string of the molecule is CC[C@@H](O)[C@@](C)(O)[C@@H]1OC(=O)[C@H](C)[C@@H](O[C@H]2C[C@@](C)(OC)[C@@H](O)[C@H](C)O2)[C@H](C)[C@@H](O[C@@H]2O[C@H](C)C[C@H](N(C)C)[C@H]2O)[C@@]2(C)C[C@@H](C)N(C)[C@H](O2)[C@@H]1C. The molecule has 0 unspecified atom stereocenters. The first-order valence-electron chi connectivity index (χ1n) is 19.2. The average molecular weight is 747 g/mol. The molecule has 14 nitrogen and oxygen atoms in total. The predicted molar refractivity (Wildman–Crippen MR) is 192 cm³/mol. The van der Waals surface area contributed by atoms with Crippen LogP contribution in [0, 0.1) is 17.8 Å². The quantitative estimate of drug-likeness (QED) is 0.254. The summed E-state index contributed by atoms with van der Waals surface area (Å²) in [5.74, 6) is -2.79. The maximum atomic E-state index is 14.4. The molecule has 14 heteroatoms. The van der Waals surface area contributed by atoms with Crippen molar-refractivity contribution in [1.82, 2.24) is 9.80 Å². The third-order valence-corrected chi connectivity index (χ3v) is 12.8. The molecule has 0 spiro atoms. The van der Waals surface area contributed by atoms with Crippen LogP contribution in [0.5, 0.6) is 0 Å². The molecule has 4 N–H and O–H groups in total. The second kappa shape index (κ2) is 16.6. The Hall–Kier alpha value is -1.01. The molecule has 4 aliphatic rings. The molecule has 19 atom stereocenters. The van der Waals surface area contributed by atoms with E-state index in [9.17, 15) is 25.2 Å². The Morgan fingerprint density at radius 3 is 2.25 bits per heavy atom. The minimum Gasteiger partial charge on any atom is -0.458 e. The highest BCUT2D eigenvalue weighted by atomic mass is 16.7. The summed E-state index contributed by atoms with van der Waals surface area (Å²) in [5, 5.41) is 45.6. The van der Waals surface area contributed by atoms with Crippen molar-refractivity contribution >= 4 is 5.97 Å². The topological polar surface area (TPSA) is 169 Å². The summed E-state index contributed by atoms with van der Waals surface area (Å²) in [7, 11) is 7.30. The van der Waals surface area contributed by atoms with E-state index in [1.807, 2.05) is 53.7 Å². The van der Waals surface area contributed by atoms with E-state index in [0.717, 1.165) is 0 Å². The zero-order valence-electron chi connectivity index (χ0n) is 34.0. The highest BCUT2D eigenvalue weighted by molar-refractivity contribution is 5.73. The van der Waals surface area contributed by atoms with Crippen LogP contribution >= 0.6 is 0 Å². The standard InChI is InChI=1S/C38H70N2O12/c1-15-26(41)38(10,45)32-23(6)33-40(13)19(2)17-37(9,52-33)31(51-35-28(42)25(39(11)12)16-20(3)47-35)21(4)29(22(5)34(44)50-32)49-27-18-36(8,46-14)30(43)24(7)48-27/h19-33,35,41-43,45H,15-18H2,1-14H3/t19-,20-,21+,22-,23-,24+,25+,26-,27+,28-,29+,30+,31-,32-,33-,35+,36-,37-,38-/m1/s1. The maximum absolute atomic E-state index is 14.4. The van der Waals surface area contributed by atoms with Gasteiger partial charge in [-0.1, -0.05) is 20.8 Å². The van der Waals surface area contributed by atoms with Gasteiger partial charge in [0.15, 0.2) is 12.6 Å². The normalized spacial score (nSPS) is 48.8. The van der Waals surface area contributed by atoms with Gasteiger partial charge in [0.05, 0.1) is 47.6 Å². The van der Waals surface area contributed by atoms with Crippen LogP contribution in [-0.2, 0) is 38.0 Å². The molecule has 0 aromatic heterocycles. The van der Waals surface area contributed by atoms with Crippen LogP contribution in [0.2, 0.25) is 0 Å². The summed E-state index contributed by atoms with van der Waals surface area (Å²) in [6.45, 7) is 18.3. The van der Waals surface area contributed by atoms with Gasteiger partial charge in [0, 0.05) is 37.5 Å². The molecule has 2 bridgehead atoms. The first-order chi connectivity index (χ1) is 24.0. The molecule has 4 rings (SSSR count). The molecular weight excluding hydrogens is 676 g/mol. The lowest BCUT2D eigenvalue weighted by atomic mass is 9.77. The van der Waals surface area contributed by atoms with E-state index >= 15 is 0 Å². The Bertz CT molecular complexity index is 1190. The van der Waals surface area contributed by atoms with E-state index in [-0.39, 0.29) is 31.0 Å². The van der Waals surface area contributed by atoms with E-state index in [2.05, 4.69) is 11.8 Å². The molecule has 304 valence electrons. The lowest BCUT2D eigenvalue weighted by molar-refractivity contribution is -0.336. The van der Waals surface area contributed by atoms with Crippen LogP contribution in [0.4, 0.5) is 0 Å². The second-order valence-electron chi connectivity index (χ2n) is 17.2. The fourth-order valence-electron chi connectivity index (χ4n) is 9.19. The number of hydrogen-bond acceptors (Lipinski definition) is 14. The maximum Gasteiger partial charge on any atom is 0.311 e. The van der Waals surface area contributed by atoms with Crippen LogP contribution in [0.3, 0.4) is 0 Å². The van der Waals surface area contributed by atoms with E-state index < -0.39 is 102 Å². The Morgan fingerprint density at radius 2 is 1.67 bits per heavy atom. The number of aliphatic hydroxyl groups is 4. The van der Waals surface area contributed by atoms with Crippen LogP contribution < -0.4 is 0 Å². The number of carbonyl (C=O) groups excluding carboxylic acids is 1. The lowest BCUT2D eigenvalue weighted by Crippen LogP contribution is -2.66. The van der Waals surface area contributed by atoms with Crippen molar-refractivity contribution in [3.05, 3.63) is 0 Å². The van der Waals surface area contributed by atoms with Crippen molar-refractivity contribution in [3.63, 3.8) is 0 Å². The third kappa shape index (κ3) is 8.53. The van der Waals surface area contributed by atoms with Gasteiger partial charge in [-0.05, 0) is 88.9 Å². The van der Waals surface area contributed by atoms with Crippen molar-refractivity contribution in [1.29, 1.82) is 0 Å². The van der Waals surface area contributed by atoms with E-state index in [4.69, 9.17) is 33.2 Å². The molecule has 0 saturated carbocycles. The summed E-state index contributed by atoms with van der Waals surface area (Å²) >= 11 is 0. The first-order valence-corrected chi connectivity index (χ1v) is 19.2. The van der Waals surface area contributed by atoms with E-state index in [1.54, 1.807) is 27.7 Å². The van der Waals surface area contributed by atoms with Crippen molar-refractivity contribution in [3.8, 4) is 0 Å². The summed E-state index contributed by atoms with van der Waals surface area (Å²) in [4.78, 5) is 18.4. The van der Waals surface area contributed by atoms with Crippen LogP contribution in [0.1, 0.15) is 94.9 Å². The monoisotopic (exact) mass is 746 g/mol. The molecule has 0 radical (unpaired) electrons. The van der Waals surface area contributed by atoms with Crippen LogP contribution in [-0.4, -0.2) is 161 Å². The Kier molecular flexibility index (Phi) is 14.0. The Balaban J connectivity index is 1.87. The molecule has 4 saturated heterocycles. The predicted octanol–water partition coefficient (Wildman–Crippen LogP) is 2.26. The fourth-order valence-corrected chi connectivity index (χ4v) is 9.19. The molecule has 0 aromatic rings. The number of likely N-dealkylation sites (N-methyl/N-ethyl adjacent to an activating group) is 1. The highest BCUT2D eigenvalue weighted by Crippen LogP contribution is 2.45. The molecule has 4 fully saturated rings. The number of fused-ring (bicyclic) bond motifs is 2. The van der Waals surface area contributed by atoms with Gasteiger partial charge in [-0.2, -0.15) is 0 Å². The van der Waals surface area contributed by atoms with Crippen molar-refractivity contribution < 1.29 is 58.4 Å². The van der Waals surface area contributed by atoms with Gasteiger partial charge in [0.2, 0.25) is 0 Å². The van der Waals surface area contributed by atoms with E-state index in [1.165, 1.54) is 14.0 Å². The number of esters is 1. The summed E-state index contributed by atoms with van der Waals surface area (Å²) in [6, 6.07) is -0.287. The Labute approximate surface area is 311 Å². The zero-order chi connectivity index (χ0) is 39.2. The minimum atomic E-state index is -1.83. The average Bonchev–Trinajstić information content (AvgIpc) is 3.08. The number of hydrogen-bond donors (Lipinski definition) is 4. The van der Waals surface area contributed by atoms with Gasteiger partial charge in [-0.25, -0.2) is 0 Å². The molecular formula is C38H70N2O12. The smallest absolute Gasteiger partial charge is 0.311 e. The minimum absolute atomic E-state index is 0.0588. The number of rotatable bonds is 9. The molecule has 4 heterocycles. The van der Waals surface area contributed by atoms with Gasteiger partial charge in [0.25, 0.3) is 0 Å². The number of methoxy groups -OCH3 is 1. The number of nitrogens with zero attached hydrogens (tertiary/aromatic N) is 2. The zero-order valence-corrected chi connectivity index (χ0v) is 34.0. The molecule has 4 aliphatic heterocycles. The summed E-state index contributed by atoms with van der Waals surface area (Å²) < 4.78 is 45.4. The summed E-state index contributed by atoms with van der Waals surface area (Å²) in [6.07, 6.45) is -7.89. The molecule has 0 aliphatic carbocycles. The molecule has 0 amide bonds. The number of cyclic esters (lactones) is 1. The fraction of sp³-hybridized carbons (Fsp3) is 0.974. The largest absolute Gasteiger partial charge is 0.458 e. The summed E-state index contributed by atoms with van der Waals surface area (Å²) in [5.41, 5.74) is -3.85. The van der Waals surface area contributed by atoms with Crippen LogP contribution in [0.25, 0.3) is 0 Å². The highest BCUT2D eigenvalue weighted by Gasteiger charge is 2.58. The Morgan fingerprint density at radius 1 is 1.04 bits per heavy atom. The number of ether oxygens (including phenoxy) is 7. The van der Waals surface area contributed by atoms with Gasteiger partial charge in [-0.15, -0.1) is 0 Å². The van der Waals surface area contributed by atoms with Crippen molar-refractivity contribution in [2.75, 3.05) is 28.3 Å². The van der Waals surface area contributed by atoms with Crippen molar-refractivity contribution in [2.45, 2.75) is 191 Å². The molecule has 52 heavy (non-hydrogen) atoms. The first kappa shape index (κ1) is 43.7. The molecule has 0 aromatic carbocycles. The van der Waals surface area contributed by atoms with E-state index in [0.29, 0.717) is 12.8 Å². The van der Waals surface area contributed by atoms with Gasteiger partial charge in [0.1, 0.15) is 30.1 Å². The lowest BCUT2D eigenvalue weighted by Gasteiger charge is -2.55. The van der Waals surface area contributed by atoms with Crippen LogP contribution in [0.15, 0.2) is 0 Å². The number of aliphatic hydroxyl groups excluding tert-OH is 3. The van der Waals surface area contributed by atoms with Gasteiger partial charge >= 0.3 is 5.97 Å². The second-order valence-corrected chi connectivity index (χ2v) is 17.2. The van der Waals surface area contributed by atoms with Crippen molar-refractivity contribution in [2.24, 2.45) is 17.8 Å². The number of carbonyl (C=O) groups is 1. The third-order valence-electron chi connectivity index (χ3n) is 12.8. The van der Waals surface area contributed by atoms with Gasteiger partial charge < -0.3 is 58.5 Å². The van der Waals surface area contributed by atoms with Gasteiger partial charge in [-0.3, -0.25) is 9.69 Å².